The SMILES string of the molecule is COC(=O)[C@@H]1CSc2c(sc(=O)n2-c2ccccc2)[C@H]1c1ccccc1OC. The van der Waals surface area contributed by atoms with E-state index in [0.717, 1.165) is 21.2 Å². The zero-order valence-electron chi connectivity index (χ0n) is 15.5. The van der Waals surface area contributed by atoms with E-state index in [4.69, 9.17) is 9.47 Å². The lowest BCUT2D eigenvalue weighted by atomic mass is 9.85. The summed E-state index contributed by atoms with van der Waals surface area (Å²) in [6.45, 7) is 0. The van der Waals surface area contributed by atoms with Gasteiger partial charge in [-0.25, -0.2) is 0 Å². The third-order valence-corrected chi connectivity index (χ3v) is 7.23. The molecule has 0 saturated heterocycles. The maximum Gasteiger partial charge on any atom is 0.312 e. The molecule has 7 heteroatoms. The first-order valence-electron chi connectivity index (χ1n) is 8.80. The first kappa shape index (κ1) is 18.8. The van der Waals surface area contributed by atoms with Crippen LogP contribution in [0.1, 0.15) is 16.4 Å². The molecule has 2 aromatic carbocycles. The van der Waals surface area contributed by atoms with Crippen LogP contribution in [0.25, 0.3) is 5.69 Å². The predicted molar refractivity (Wildman–Crippen MR) is 111 cm³/mol. The van der Waals surface area contributed by atoms with Gasteiger partial charge in [-0.2, -0.15) is 0 Å². The Labute approximate surface area is 170 Å². The monoisotopic (exact) mass is 413 g/mol. The molecule has 1 aliphatic heterocycles. The van der Waals surface area contributed by atoms with E-state index >= 15 is 0 Å². The Hall–Kier alpha value is -2.51. The van der Waals surface area contributed by atoms with E-state index in [2.05, 4.69) is 0 Å². The Balaban J connectivity index is 1.93. The topological polar surface area (TPSA) is 57.5 Å². The summed E-state index contributed by atoms with van der Waals surface area (Å²) >= 11 is 2.72. The van der Waals surface area contributed by atoms with Gasteiger partial charge in [0, 0.05) is 22.1 Å². The first-order chi connectivity index (χ1) is 13.7. The number of thioether (sulfide) groups is 1. The highest BCUT2D eigenvalue weighted by Crippen LogP contribution is 2.49. The number of benzene rings is 2. The van der Waals surface area contributed by atoms with Crippen molar-refractivity contribution in [2.45, 2.75) is 10.9 Å². The number of hydrogen-bond donors (Lipinski definition) is 0. The smallest absolute Gasteiger partial charge is 0.312 e. The summed E-state index contributed by atoms with van der Waals surface area (Å²) < 4.78 is 12.4. The summed E-state index contributed by atoms with van der Waals surface area (Å²) in [6, 6.07) is 17.2. The van der Waals surface area contributed by atoms with Crippen LogP contribution in [0.15, 0.2) is 64.4 Å². The van der Waals surface area contributed by atoms with E-state index < -0.39 is 0 Å². The van der Waals surface area contributed by atoms with E-state index in [1.165, 1.54) is 30.2 Å². The fourth-order valence-electron chi connectivity index (χ4n) is 3.59. The van der Waals surface area contributed by atoms with Crippen LogP contribution in [0.5, 0.6) is 5.75 Å². The fourth-order valence-corrected chi connectivity index (χ4v) is 6.28. The molecule has 0 unspecified atom stereocenters. The Bertz CT molecular complexity index is 1060. The number of para-hydroxylation sites is 2. The summed E-state index contributed by atoms with van der Waals surface area (Å²) in [5.74, 6) is 0.280. The molecule has 144 valence electrons. The van der Waals surface area contributed by atoms with E-state index in [1.54, 1.807) is 11.7 Å². The van der Waals surface area contributed by atoms with E-state index in [1.807, 2.05) is 54.6 Å². The van der Waals surface area contributed by atoms with Crippen molar-refractivity contribution in [3.8, 4) is 11.4 Å². The van der Waals surface area contributed by atoms with Crippen molar-refractivity contribution in [2.24, 2.45) is 5.92 Å². The summed E-state index contributed by atoms with van der Waals surface area (Å²) in [5, 5.41) is 0.886. The first-order valence-corrected chi connectivity index (χ1v) is 10.6. The number of methoxy groups -OCH3 is 2. The normalized spacial score (nSPS) is 18.4. The maximum absolute atomic E-state index is 12.9. The molecule has 4 rings (SSSR count). The molecule has 0 bridgehead atoms. The van der Waals surface area contributed by atoms with Gasteiger partial charge in [-0.05, 0) is 18.2 Å². The van der Waals surface area contributed by atoms with Crippen LogP contribution in [0.2, 0.25) is 0 Å². The standard InChI is InChI=1S/C21H19NO4S2/c1-25-16-11-7-6-10-14(16)17-15(20(23)26-2)12-27-19-18(17)28-21(24)22(19)13-8-4-3-5-9-13/h3-11,15,17H,12H2,1-2H3/t15-,17+/m1/s1. The second kappa shape index (κ2) is 7.85. The highest BCUT2D eigenvalue weighted by Gasteiger charge is 2.41. The average molecular weight is 414 g/mol. The summed E-state index contributed by atoms with van der Waals surface area (Å²) in [5.41, 5.74) is 1.72. The number of thiazole rings is 1. The van der Waals surface area contributed by atoms with Crippen LogP contribution in [-0.4, -0.2) is 30.5 Å². The van der Waals surface area contributed by atoms with Gasteiger partial charge in [0.2, 0.25) is 0 Å². The van der Waals surface area contributed by atoms with E-state index in [0.29, 0.717) is 11.5 Å². The second-order valence-corrected chi connectivity index (χ2v) is 8.37. The number of carbonyl (C=O) groups is 1. The van der Waals surface area contributed by atoms with Crippen molar-refractivity contribution in [2.75, 3.05) is 20.0 Å². The highest BCUT2D eigenvalue weighted by molar-refractivity contribution is 7.99. The van der Waals surface area contributed by atoms with Crippen molar-refractivity contribution in [3.63, 3.8) is 0 Å². The van der Waals surface area contributed by atoms with Crippen LogP contribution in [-0.2, 0) is 9.53 Å². The maximum atomic E-state index is 12.9. The van der Waals surface area contributed by atoms with Gasteiger partial charge < -0.3 is 9.47 Å². The molecule has 0 fully saturated rings. The van der Waals surface area contributed by atoms with Gasteiger partial charge in [0.15, 0.2) is 0 Å². The third kappa shape index (κ3) is 3.14. The van der Waals surface area contributed by atoms with Crippen molar-refractivity contribution >= 4 is 29.1 Å². The third-order valence-electron chi connectivity index (χ3n) is 4.87. The van der Waals surface area contributed by atoms with Crippen LogP contribution in [0.4, 0.5) is 0 Å². The molecule has 2 heterocycles. The van der Waals surface area contributed by atoms with Gasteiger partial charge in [-0.15, -0.1) is 11.8 Å². The second-order valence-electron chi connectivity index (χ2n) is 6.37. The Morgan fingerprint density at radius 1 is 1.07 bits per heavy atom. The molecule has 0 amide bonds. The number of carbonyl (C=O) groups excluding carboxylic acids is 1. The van der Waals surface area contributed by atoms with Crippen molar-refractivity contribution in [1.82, 2.24) is 4.57 Å². The number of fused-ring (bicyclic) bond motifs is 1. The van der Waals surface area contributed by atoms with Crippen LogP contribution in [0.3, 0.4) is 0 Å². The summed E-state index contributed by atoms with van der Waals surface area (Å²) in [6.07, 6.45) is 0. The zero-order valence-corrected chi connectivity index (χ0v) is 17.1. The largest absolute Gasteiger partial charge is 0.496 e. The fraction of sp³-hybridized carbons (Fsp3) is 0.238. The molecule has 5 nitrogen and oxygen atoms in total. The minimum Gasteiger partial charge on any atom is -0.496 e. The quantitative estimate of drug-likeness (QED) is 0.607. The van der Waals surface area contributed by atoms with Crippen LogP contribution in [0, 0.1) is 5.92 Å². The van der Waals surface area contributed by atoms with Gasteiger partial charge >= 0.3 is 10.8 Å². The van der Waals surface area contributed by atoms with Crippen molar-refractivity contribution < 1.29 is 14.3 Å². The van der Waals surface area contributed by atoms with Crippen LogP contribution >= 0.6 is 23.1 Å². The Morgan fingerprint density at radius 2 is 1.79 bits per heavy atom. The minimum atomic E-state index is -0.388. The Kier molecular flexibility index (Phi) is 5.28. The lowest BCUT2D eigenvalue weighted by Crippen LogP contribution is -2.29. The van der Waals surface area contributed by atoms with E-state index in [9.17, 15) is 9.59 Å². The number of hydrogen-bond acceptors (Lipinski definition) is 6. The zero-order chi connectivity index (χ0) is 19.7. The van der Waals surface area contributed by atoms with Gasteiger partial charge in [-0.1, -0.05) is 47.7 Å². The molecule has 0 radical (unpaired) electrons. The number of ether oxygens (including phenoxy) is 2. The number of esters is 1. The lowest BCUT2D eigenvalue weighted by molar-refractivity contribution is -0.145. The number of nitrogens with zero attached hydrogens (tertiary/aromatic N) is 1. The average Bonchev–Trinajstić information content (AvgIpc) is 3.08. The molecular formula is C21H19NO4S2. The van der Waals surface area contributed by atoms with Crippen molar-refractivity contribution in [3.05, 3.63) is 74.7 Å². The van der Waals surface area contributed by atoms with Gasteiger partial charge in [0.05, 0.1) is 30.9 Å². The van der Waals surface area contributed by atoms with Crippen molar-refractivity contribution in [1.29, 1.82) is 0 Å². The van der Waals surface area contributed by atoms with Gasteiger partial charge in [0.25, 0.3) is 0 Å². The molecule has 1 aliphatic rings. The molecule has 0 N–H and O–H groups in total. The molecule has 0 aliphatic carbocycles. The van der Waals surface area contributed by atoms with Crippen LogP contribution < -0.4 is 9.61 Å². The van der Waals surface area contributed by atoms with Gasteiger partial charge in [0.1, 0.15) is 5.75 Å². The Morgan fingerprint density at radius 3 is 2.50 bits per heavy atom. The predicted octanol–water partition coefficient (Wildman–Crippen LogP) is 3.93. The molecule has 3 aromatic rings. The molecular weight excluding hydrogens is 394 g/mol. The minimum absolute atomic E-state index is 0.0610. The number of rotatable bonds is 4. The molecule has 0 spiro atoms. The molecule has 0 saturated carbocycles. The summed E-state index contributed by atoms with van der Waals surface area (Å²) in [7, 11) is 3.02. The molecule has 1 aromatic heterocycles. The molecule has 28 heavy (non-hydrogen) atoms. The number of aromatic nitrogens is 1. The highest BCUT2D eigenvalue weighted by atomic mass is 32.2. The van der Waals surface area contributed by atoms with Gasteiger partial charge in [-0.3, -0.25) is 14.2 Å². The lowest BCUT2D eigenvalue weighted by Gasteiger charge is -2.30. The molecule has 2 atom stereocenters. The summed E-state index contributed by atoms with van der Waals surface area (Å²) in [4.78, 5) is 26.3. The van der Waals surface area contributed by atoms with E-state index in [-0.39, 0.29) is 22.7 Å².